The first-order chi connectivity index (χ1) is 11.0. The van der Waals surface area contributed by atoms with Crippen molar-refractivity contribution in [2.24, 2.45) is 5.10 Å². The highest BCUT2D eigenvalue weighted by Gasteiger charge is 2.14. The molecule has 2 rings (SSSR count). The molecular weight excluding hydrogens is 337 g/mol. The second-order valence-electron chi connectivity index (χ2n) is 4.67. The van der Waals surface area contributed by atoms with E-state index in [0.29, 0.717) is 21.3 Å². The van der Waals surface area contributed by atoms with Gasteiger partial charge in [0.2, 0.25) is 0 Å². The van der Waals surface area contributed by atoms with E-state index >= 15 is 0 Å². The van der Waals surface area contributed by atoms with Crippen LogP contribution in [-0.4, -0.2) is 18.0 Å². The van der Waals surface area contributed by atoms with Gasteiger partial charge in [0, 0.05) is 15.7 Å². The Hall–Kier alpha value is -2.37. The van der Waals surface area contributed by atoms with Gasteiger partial charge in [0.1, 0.15) is 0 Å². The molecule has 0 unspecified atom stereocenters. The second-order valence-corrected chi connectivity index (χ2v) is 5.54. The number of halogens is 2. The molecule has 5 nitrogen and oxygen atoms in total. The van der Waals surface area contributed by atoms with Crippen molar-refractivity contribution in [3.63, 3.8) is 0 Å². The van der Waals surface area contributed by atoms with Gasteiger partial charge in [0.05, 0.1) is 6.21 Å². The van der Waals surface area contributed by atoms with Crippen molar-refractivity contribution in [3.8, 4) is 0 Å². The fraction of sp³-hybridized carbons (Fsp3) is 0.0625. The lowest BCUT2D eigenvalue weighted by atomic mass is 10.2. The van der Waals surface area contributed by atoms with E-state index in [4.69, 9.17) is 23.2 Å². The zero-order valence-electron chi connectivity index (χ0n) is 12.1. The van der Waals surface area contributed by atoms with Gasteiger partial charge >= 0.3 is 11.8 Å². The summed E-state index contributed by atoms with van der Waals surface area (Å²) in [5, 5.41) is 7.21. The molecular formula is C16H13Cl2N3O2. The first-order valence-corrected chi connectivity index (χ1v) is 7.37. The van der Waals surface area contributed by atoms with Gasteiger partial charge in [-0.3, -0.25) is 9.59 Å². The third-order valence-corrected chi connectivity index (χ3v) is 3.35. The number of rotatable bonds is 3. The lowest BCUT2D eigenvalue weighted by molar-refractivity contribution is -0.136. The van der Waals surface area contributed by atoms with Crippen LogP contribution in [0.3, 0.4) is 0 Å². The van der Waals surface area contributed by atoms with Crippen LogP contribution in [-0.2, 0) is 9.59 Å². The van der Waals surface area contributed by atoms with Crippen molar-refractivity contribution < 1.29 is 9.59 Å². The predicted molar refractivity (Wildman–Crippen MR) is 92.0 cm³/mol. The van der Waals surface area contributed by atoms with Gasteiger partial charge in [-0.2, -0.15) is 5.10 Å². The van der Waals surface area contributed by atoms with Crippen LogP contribution in [0.4, 0.5) is 5.69 Å². The third-order valence-electron chi connectivity index (χ3n) is 2.88. The Balaban J connectivity index is 1.95. The molecule has 23 heavy (non-hydrogen) atoms. The molecule has 2 aromatic carbocycles. The van der Waals surface area contributed by atoms with Crippen molar-refractivity contribution in [3.05, 3.63) is 63.6 Å². The average Bonchev–Trinajstić information content (AvgIpc) is 2.51. The molecule has 0 aromatic heterocycles. The lowest BCUT2D eigenvalue weighted by Crippen LogP contribution is -2.32. The third kappa shape index (κ3) is 5.09. The Morgan fingerprint density at radius 3 is 2.52 bits per heavy atom. The van der Waals surface area contributed by atoms with Crippen LogP contribution in [0.2, 0.25) is 10.0 Å². The lowest BCUT2D eigenvalue weighted by Gasteiger charge is -2.07. The average molecular weight is 350 g/mol. The minimum atomic E-state index is -0.886. The first kappa shape index (κ1) is 17.0. The molecule has 0 radical (unpaired) electrons. The number of hydrogen-bond donors (Lipinski definition) is 2. The van der Waals surface area contributed by atoms with Crippen LogP contribution in [0.15, 0.2) is 47.6 Å². The molecule has 0 fully saturated rings. The summed E-state index contributed by atoms with van der Waals surface area (Å²) in [7, 11) is 0. The fourth-order valence-electron chi connectivity index (χ4n) is 1.71. The monoisotopic (exact) mass is 349 g/mol. The van der Waals surface area contributed by atoms with Crippen molar-refractivity contribution in [1.82, 2.24) is 5.43 Å². The van der Waals surface area contributed by atoms with E-state index in [2.05, 4.69) is 15.8 Å². The highest BCUT2D eigenvalue weighted by molar-refractivity contribution is 6.40. The smallest absolute Gasteiger partial charge is 0.317 e. The highest BCUT2D eigenvalue weighted by atomic mass is 35.5. The maximum absolute atomic E-state index is 11.8. The number of carbonyl (C=O) groups is 2. The quantitative estimate of drug-likeness (QED) is 0.506. The number of nitrogens with zero attached hydrogens (tertiary/aromatic N) is 1. The number of hydrazone groups is 1. The zero-order valence-corrected chi connectivity index (χ0v) is 13.7. The maximum Gasteiger partial charge on any atom is 0.329 e. The van der Waals surface area contributed by atoms with Gasteiger partial charge in [-0.25, -0.2) is 5.43 Å². The van der Waals surface area contributed by atoms with E-state index in [-0.39, 0.29) is 0 Å². The topological polar surface area (TPSA) is 70.6 Å². The number of hydrogen-bond acceptors (Lipinski definition) is 3. The summed E-state index contributed by atoms with van der Waals surface area (Å²) in [6.07, 6.45) is 1.39. The molecule has 0 bridgehead atoms. The van der Waals surface area contributed by atoms with E-state index in [9.17, 15) is 9.59 Å². The molecule has 2 aromatic rings. The standard InChI is InChI=1S/C16H13Cl2N3O2/c1-10-5-6-13(18)8-14(10)20-15(22)16(23)21-19-9-11-3-2-4-12(17)7-11/h2-9H,1H3,(H,20,22)(H,21,23)/b19-9+. The summed E-state index contributed by atoms with van der Waals surface area (Å²) in [5.74, 6) is -1.72. The summed E-state index contributed by atoms with van der Waals surface area (Å²) in [6.45, 7) is 1.79. The van der Waals surface area contributed by atoms with Gasteiger partial charge in [0.15, 0.2) is 0 Å². The number of anilines is 1. The molecule has 0 saturated heterocycles. The minimum Gasteiger partial charge on any atom is -0.317 e. The van der Waals surface area contributed by atoms with Crippen molar-refractivity contribution in [2.45, 2.75) is 6.92 Å². The SMILES string of the molecule is Cc1ccc(Cl)cc1NC(=O)C(=O)N/N=C/c1cccc(Cl)c1. The van der Waals surface area contributed by atoms with Crippen molar-refractivity contribution in [2.75, 3.05) is 5.32 Å². The Morgan fingerprint density at radius 2 is 1.78 bits per heavy atom. The first-order valence-electron chi connectivity index (χ1n) is 6.62. The van der Waals surface area contributed by atoms with Crippen LogP contribution < -0.4 is 10.7 Å². The summed E-state index contributed by atoms with van der Waals surface area (Å²) >= 11 is 11.7. The molecule has 0 spiro atoms. The van der Waals surface area contributed by atoms with Gasteiger partial charge in [-0.1, -0.05) is 41.4 Å². The number of amides is 2. The van der Waals surface area contributed by atoms with Crippen molar-refractivity contribution in [1.29, 1.82) is 0 Å². The van der Waals surface area contributed by atoms with Gasteiger partial charge in [0.25, 0.3) is 0 Å². The normalized spacial score (nSPS) is 10.6. The summed E-state index contributed by atoms with van der Waals surface area (Å²) in [6, 6.07) is 11.9. The zero-order chi connectivity index (χ0) is 16.8. The van der Waals surface area contributed by atoms with E-state index in [1.807, 2.05) is 0 Å². The van der Waals surface area contributed by atoms with Gasteiger partial charge in [-0.05, 0) is 42.3 Å². The largest absolute Gasteiger partial charge is 0.329 e. The summed E-state index contributed by atoms with van der Waals surface area (Å²) in [4.78, 5) is 23.5. The molecule has 0 atom stereocenters. The number of aryl methyl sites for hydroxylation is 1. The van der Waals surface area contributed by atoms with Crippen LogP contribution in [0.1, 0.15) is 11.1 Å². The molecule has 2 amide bonds. The van der Waals surface area contributed by atoms with Crippen LogP contribution in [0.25, 0.3) is 0 Å². The Bertz CT molecular complexity index is 776. The van der Waals surface area contributed by atoms with Crippen LogP contribution >= 0.6 is 23.2 Å². The summed E-state index contributed by atoms with van der Waals surface area (Å²) < 4.78 is 0. The molecule has 0 saturated carbocycles. The predicted octanol–water partition coefficient (Wildman–Crippen LogP) is 3.39. The maximum atomic E-state index is 11.8. The molecule has 0 aliphatic carbocycles. The van der Waals surface area contributed by atoms with Crippen LogP contribution in [0, 0.1) is 6.92 Å². The highest BCUT2D eigenvalue weighted by Crippen LogP contribution is 2.19. The van der Waals surface area contributed by atoms with E-state index in [1.165, 1.54) is 6.21 Å². The molecule has 0 aliphatic heterocycles. The number of carbonyl (C=O) groups excluding carboxylic acids is 2. The van der Waals surface area contributed by atoms with E-state index < -0.39 is 11.8 Å². The van der Waals surface area contributed by atoms with Crippen molar-refractivity contribution >= 4 is 46.9 Å². The Labute approximate surface area is 143 Å². The molecule has 7 heteroatoms. The van der Waals surface area contributed by atoms with E-state index in [0.717, 1.165) is 5.56 Å². The fourth-order valence-corrected chi connectivity index (χ4v) is 2.08. The minimum absolute atomic E-state index is 0.463. The Kier molecular flexibility index (Phi) is 5.73. The second kappa shape index (κ2) is 7.76. The van der Waals surface area contributed by atoms with Gasteiger partial charge in [-0.15, -0.1) is 0 Å². The van der Waals surface area contributed by atoms with Gasteiger partial charge < -0.3 is 5.32 Å². The van der Waals surface area contributed by atoms with Crippen LogP contribution in [0.5, 0.6) is 0 Å². The molecule has 118 valence electrons. The number of benzene rings is 2. The molecule has 0 heterocycles. The molecule has 2 N–H and O–H groups in total. The number of nitrogens with one attached hydrogen (secondary N) is 2. The summed E-state index contributed by atoms with van der Waals surface area (Å²) in [5.41, 5.74) is 4.10. The molecule has 0 aliphatic rings. The van der Waals surface area contributed by atoms with E-state index in [1.54, 1.807) is 49.4 Å². The Morgan fingerprint density at radius 1 is 1.04 bits per heavy atom.